The van der Waals surface area contributed by atoms with Crippen LogP contribution in [-0.4, -0.2) is 16.1 Å². The van der Waals surface area contributed by atoms with Gasteiger partial charge in [0.1, 0.15) is 0 Å². The van der Waals surface area contributed by atoms with Crippen LogP contribution in [0.3, 0.4) is 0 Å². The summed E-state index contributed by atoms with van der Waals surface area (Å²) in [5.74, 6) is -1.04. The number of para-hydroxylation sites is 1. The van der Waals surface area contributed by atoms with Crippen molar-refractivity contribution in [2.75, 3.05) is 5.32 Å². The van der Waals surface area contributed by atoms with Gasteiger partial charge >= 0.3 is 5.97 Å². The second-order valence-corrected chi connectivity index (χ2v) is 4.36. The molecule has 0 amide bonds. The highest BCUT2D eigenvalue weighted by Crippen LogP contribution is 2.23. The number of pyridine rings is 1. The van der Waals surface area contributed by atoms with E-state index in [0.717, 1.165) is 16.6 Å². The monoisotopic (exact) mass is 268 g/mol. The van der Waals surface area contributed by atoms with Crippen molar-refractivity contribution in [1.82, 2.24) is 4.98 Å². The molecule has 0 unspecified atom stereocenters. The number of nitrogens with one attached hydrogen (secondary N) is 1. The van der Waals surface area contributed by atoms with Gasteiger partial charge in [-0.15, -0.1) is 0 Å². The Kier molecular flexibility index (Phi) is 3.09. The molecule has 2 aromatic heterocycles. The molecule has 20 heavy (non-hydrogen) atoms. The van der Waals surface area contributed by atoms with E-state index in [1.165, 1.54) is 0 Å². The highest BCUT2D eigenvalue weighted by atomic mass is 16.4. The molecule has 5 nitrogen and oxygen atoms in total. The Balaban J connectivity index is 2.00. The topological polar surface area (TPSA) is 75.4 Å². The zero-order valence-electron chi connectivity index (χ0n) is 10.5. The number of carboxylic acid groups (broad SMARTS) is 1. The van der Waals surface area contributed by atoms with Gasteiger partial charge in [0.25, 0.3) is 0 Å². The molecule has 0 saturated heterocycles. The average Bonchev–Trinajstić information content (AvgIpc) is 2.97. The van der Waals surface area contributed by atoms with Crippen molar-refractivity contribution >= 4 is 22.6 Å². The number of aromatic carboxylic acids is 1. The first-order valence-electron chi connectivity index (χ1n) is 6.12. The molecule has 0 atom stereocenters. The molecule has 5 heteroatoms. The van der Waals surface area contributed by atoms with E-state index in [2.05, 4.69) is 10.3 Å². The maximum atomic E-state index is 11.1. The molecule has 0 aliphatic heterocycles. The van der Waals surface area contributed by atoms with E-state index in [4.69, 9.17) is 9.52 Å². The second-order valence-electron chi connectivity index (χ2n) is 4.36. The summed E-state index contributed by atoms with van der Waals surface area (Å²) in [7, 11) is 0. The molecule has 0 bridgehead atoms. The van der Waals surface area contributed by atoms with Gasteiger partial charge in [0.15, 0.2) is 5.69 Å². The van der Waals surface area contributed by atoms with Crippen LogP contribution in [0.15, 0.2) is 53.3 Å². The first-order chi connectivity index (χ1) is 9.74. The number of furan rings is 1. The number of carbonyl (C=O) groups is 1. The fraction of sp³-hybridized carbons (Fsp3) is 0.0667. The second kappa shape index (κ2) is 5.05. The van der Waals surface area contributed by atoms with Gasteiger partial charge in [-0.05, 0) is 18.2 Å². The fourth-order valence-corrected chi connectivity index (χ4v) is 2.02. The fourth-order valence-electron chi connectivity index (χ4n) is 2.02. The number of carboxylic acids is 1. The molecular formula is C15H12N2O3. The van der Waals surface area contributed by atoms with Crippen molar-refractivity contribution in [1.29, 1.82) is 0 Å². The van der Waals surface area contributed by atoms with Crippen molar-refractivity contribution < 1.29 is 14.3 Å². The number of benzene rings is 1. The number of rotatable bonds is 4. The smallest absolute Gasteiger partial charge is 0.354 e. The van der Waals surface area contributed by atoms with Crippen molar-refractivity contribution in [3.63, 3.8) is 0 Å². The summed E-state index contributed by atoms with van der Waals surface area (Å²) >= 11 is 0. The predicted molar refractivity (Wildman–Crippen MR) is 74.7 cm³/mol. The van der Waals surface area contributed by atoms with Crippen LogP contribution in [0, 0.1) is 0 Å². The maximum absolute atomic E-state index is 11.1. The number of hydrogen-bond donors (Lipinski definition) is 2. The van der Waals surface area contributed by atoms with E-state index in [0.29, 0.717) is 12.1 Å². The Hall–Kier alpha value is -2.82. The highest BCUT2D eigenvalue weighted by molar-refractivity contribution is 5.97. The number of hydrogen-bond acceptors (Lipinski definition) is 4. The Morgan fingerprint density at radius 3 is 2.90 bits per heavy atom. The molecule has 3 rings (SSSR count). The van der Waals surface area contributed by atoms with E-state index >= 15 is 0 Å². The summed E-state index contributed by atoms with van der Waals surface area (Å²) < 4.78 is 5.01. The maximum Gasteiger partial charge on any atom is 0.354 e. The zero-order valence-corrected chi connectivity index (χ0v) is 10.5. The molecule has 2 N–H and O–H groups in total. The standard InChI is InChI=1S/C15H12N2O3/c18-15(19)14-7-13(16-8-10-5-6-20-9-10)11-3-1-2-4-12(11)17-14/h1-7,9H,8H2,(H,16,17)(H,18,19). The van der Waals surface area contributed by atoms with Crippen LogP contribution < -0.4 is 5.32 Å². The van der Waals surface area contributed by atoms with E-state index in [1.54, 1.807) is 24.7 Å². The molecule has 1 aromatic carbocycles. The average molecular weight is 268 g/mol. The lowest BCUT2D eigenvalue weighted by Gasteiger charge is -2.09. The van der Waals surface area contributed by atoms with Crippen LogP contribution in [0.1, 0.15) is 16.1 Å². The summed E-state index contributed by atoms with van der Waals surface area (Å²) in [5, 5.41) is 13.2. The molecule has 0 fully saturated rings. The largest absolute Gasteiger partial charge is 0.477 e. The molecule has 0 spiro atoms. The van der Waals surface area contributed by atoms with E-state index in [-0.39, 0.29) is 5.69 Å². The first-order valence-corrected chi connectivity index (χ1v) is 6.12. The van der Waals surface area contributed by atoms with Gasteiger partial charge in [-0.2, -0.15) is 0 Å². The third-order valence-corrected chi connectivity index (χ3v) is 3.00. The van der Waals surface area contributed by atoms with Crippen LogP contribution in [0.25, 0.3) is 10.9 Å². The highest BCUT2D eigenvalue weighted by Gasteiger charge is 2.10. The van der Waals surface area contributed by atoms with Gasteiger partial charge in [-0.1, -0.05) is 18.2 Å². The van der Waals surface area contributed by atoms with Gasteiger partial charge in [-0.25, -0.2) is 9.78 Å². The van der Waals surface area contributed by atoms with Crippen molar-refractivity contribution in [3.8, 4) is 0 Å². The summed E-state index contributed by atoms with van der Waals surface area (Å²) in [4.78, 5) is 15.2. The molecule has 0 aliphatic carbocycles. The Labute approximate surface area is 114 Å². The van der Waals surface area contributed by atoms with Crippen molar-refractivity contribution in [2.24, 2.45) is 0 Å². The van der Waals surface area contributed by atoms with Crippen LogP contribution in [0.2, 0.25) is 0 Å². The van der Waals surface area contributed by atoms with Crippen LogP contribution >= 0.6 is 0 Å². The summed E-state index contributed by atoms with van der Waals surface area (Å²) in [6.07, 6.45) is 3.25. The molecule has 100 valence electrons. The van der Waals surface area contributed by atoms with E-state index in [9.17, 15) is 4.79 Å². The lowest BCUT2D eigenvalue weighted by molar-refractivity contribution is 0.0691. The van der Waals surface area contributed by atoms with Gasteiger partial charge in [0, 0.05) is 23.2 Å². The van der Waals surface area contributed by atoms with Crippen molar-refractivity contribution in [2.45, 2.75) is 6.54 Å². The number of fused-ring (bicyclic) bond motifs is 1. The minimum absolute atomic E-state index is 0.0263. The molecule has 3 aromatic rings. The number of aromatic nitrogens is 1. The van der Waals surface area contributed by atoms with E-state index in [1.807, 2.05) is 24.3 Å². The summed E-state index contributed by atoms with van der Waals surface area (Å²) in [6.45, 7) is 0.559. The SMILES string of the molecule is O=C(O)c1cc(NCc2ccoc2)c2ccccc2n1. The number of nitrogens with zero attached hydrogens (tertiary/aromatic N) is 1. The van der Waals surface area contributed by atoms with Crippen LogP contribution in [0.5, 0.6) is 0 Å². The molecule has 0 aliphatic rings. The van der Waals surface area contributed by atoms with Gasteiger partial charge in [0.05, 0.1) is 18.0 Å². The van der Waals surface area contributed by atoms with E-state index < -0.39 is 5.97 Å². The minimum Gasteiger partial charge on any atom is -0.477 e. The lowest BCUT2D eigenvalue weighted by Crippen LogP contribution is -2.05. The molecular weight excluding hydrogens is 256 g/mol. The summed E-state index contributed by atoms with van der Waals surface area (Å²) in [6, 6.07) is 10.8. The normalized spacial score (nSPS) is 10.6. The first kappa shape index (κ1) is 12.2. The van der Waals surface area contributed by atoms with Gasteiger partial charge < -0.3 is 14.8 Å². The molecule has 2 heterocycles. The van der Waals surface area contributed by atoms with Crippen LogP contribution in [-0.2, 0) is 6.54 Å². The third kappa shape index (κ3) is 2.33. The van der Waals surface area contributed by atoms with Gasteiger partial charge in [0.2, 0.25) is 0 Å². The Morgan fingerprint density at radius 2 is 2.15 bits per heavy atom. The Morgan fingerprint density at radius 1 is 1.30 bits per heavy atom. The Bertz CT molecular complexity index is 751. The zero-order chi connectivity index (χ0) is 13.9. The quantitative estimate of drug-likeness (QED) is 0.760. The molecule has 0 radical (unpaired) electrons. The van der Waals surface area contributed by atoms with Crippen molar-refractivity contribution in [3.05, 3.63) is 60.2 Å². The predicted octanol–water partition coefficient (Wildman–Crippen LogP) is 3.14. The lowest BCUT2D eigenvalue weighted by atomic mass is 10.1. The number of anilines is 1. The summed E-state index contributed by atoms with van der Waals surface area (Å²) in [5.41, 5.74) is 2.41. The van der Waals surface area contributed by atoms with Gasteiger partial charge in [-0.3, -0.25) is 0 Å². The van der Waals surface area contributed by atoms with Crippen LogP contribution in [0.4, 0.5) is 5.69 Å². The minimum atomic E-state index is -1.04. The third-order valence-electron chi connectivity index (χ3n) is 3.00. The molecule has 0 saturated carbocycles.